The molecule has 0 fully saturated rings. The highest BCUT2D eigenvalue weighted by Crippen LogP contribution is 1.90. The van der Waals surface area contributed by atoms with Crippen molar-refractivity contribution in [1.82, 2.24) is 0 Å². The van der Waals surface area contributed by atoms with E-state index in [1.54, 1.807) is 23.5 Å². The van der Waals surface area contributed by atoms with Crippen LogP contribution in [0.15, 0.2) is 47.3 Å². The summed E-state index contributed by atoms with van der Waals surface area (Å²) in [5.41, 5.74) is 0. The molecule has 0 atom stereocenters. The zero-order valence-corrected chi connectivity index (χ0v) is 13.1. The van der Waals surface area contributed by atoms with Crippen LogP contribution in [-0.2, 0) is 0 Å². The van der Waals surface area contributed by atoms with Crippen molar-refractivity contribution in [2.75, 3.05) is 12.5 Å². The van der Waals surface area contributed by atoms with Crippen LogP contribution in [0.1, 0.15) is 27.7 Å². The molecule has 0 spiro atoms. The van der Waals surface area contributed by atoms with Crippen molar-refractivity contribution in [1.29, 1.82) is 0 Å². The second kappa shape index (κ2) is 29.3. The summed E-state index contributed by atoms with van der Waals surface area (Å²) in [5.74, 6) is 0. The van der Waals surface area contributed by atoms with Gasteiger partial charge in [0.15, 0.2) is 0 Å². The van der Waals surface area contributed by atoms with E-state index in [2.05, 4.69) is 0 Å². The first-order valence-corrected chi connectivity index (χ1v) is 7.84. The summed E-state index contributed by atoms with van der Waals surface area (Å²) in [6, 6.07) is 0. The quantitative estimate of drug-likeness (QED) is 0.578. The molecule has 0 aromatic heterocycles. The van der Waals surface area contributed by atoms with E-state index in [0.717, 1.165) is 0 Å². The molecule has 0 bridgehead atoms. The second-order valence-corrected chi connectivity index (χ2v) is 3.95. The van der Waals surface area contributed by atoms with Crippen molar-refractivity contribution in [2.24, 2.45) is 0 Å². The van der Waals surface area contributed by atoms with Gasteiger partial charge in [0.1, 0.15) is 0 Å². The molecular weight excluding hydrogens is 232 g/mol. The Bertz CT molecular complexity index is 167. The molecule has 0 amide bonds. The highest BCUT2D eigenvalue weighted by Gasteiger charge is 1.52. The van der Waals surface area contributed by atoms with Gasteiger partial charge >= 0.3 is 0 Å². The van der Waals surface area contributed by atoms with Crippen molar-refractivity contribution in [2.45, 2.75) is 27.7 Å². The van der Waals surface area contributed by atoms with Gasteiger partial charge in [0.05, 0.1) is 0 Å². The molecule has 94 valence electrons. The Morgan fingerprint density at radius 3 is 0.938 bits per heavy atom. The molecule has 0 nitrogen and oxygen atoms in total. The normalized spacial score (nSPS) is 10.6. The molecule has 0 saturated carbocycles. The second-order valence-electron chi connectivity index (χ2n) is 2.46. The molecule has 0 aromatic carbocycles. The van der Waals surface area contributed by atoms with Crippen LogP contribution in [0.4, 0.5) is 0 Å². The Hall–Kier alpha value is -0.340. The van der Waals surface area contributed by atoms with Crippen molar-refractivity contribution >= 4 is 23.5 Å². The van der Waals surface area contributed by atoms with Gasteiger partial charge in [0, 0.05) is 0 Å². The number of allylic oxidation sites excluding steroid dienone is 6. The maximum atomic E-state index is 2.04. The summed E-state index contributed by atoms with van der Waals surface area (Å²) in [5, 5.41) is 4.08. The first-order chi connectivity index (χ1) is 7.74. The zero-order chi connectivity index (χ0) is 13.1. The van der Waals surface area contributed by atoms with E-state index >= 15 is 0 Å². The van der Waals surface area contributed by atoms with Gasteiger partial charge in [0.25, 0.3) is 0 Å². The first kappa shape index (κ1) is 21.0. The van der Waals surface area contributed by atoms with E-state index in [-0.39, 0.29) is 0 Å². The summed E-state index contributed by atoms with van der Waals surface area (Å²) in [6.07, 6.45) is 16.1. The summed E-state index contributed by atoms with van der Waals surface area (Å²) in [7, 11) is 0. The van der Waals surface area contributed by atoms with E-state index in [4.69, 9.17) is 0 Å². The van der Waals surface area contributed by atoms with Crippen molar-refractivity contribution in [3.05, 3.63) is 47.3 Å². The number of thioether (sulfide) groups is 2. The summed E-state index contributed by atoms with van der Waals surface area (Å²) < 4.78 is 0. The van der Waals surface area contributed by atoms with Crippen LogP contribution >= 0.6 is 23.5 Å². The van der Waals surface area contributed by atoms with Crippen LogP contribution in [-0.4, -0.2) is 12.5 Å². The lowest BCUT2D eigenvalue weighted by Gasteiger charge is -1.66. The lowest BCUT2D eigenvalue weighted by atomic mass is 10.5. The molecule has 0 rings (SSSR count). The average Bonchev–Trinajstić information content (AvgIpc) is 2.30. The third-order valence-corrected chi connectivity index (χ3v) is 2.13. The molecule has 0 aliphatic carbocycles. The molecular formula is C14H26S2. The van der Waals surface area contributed by atoms with Gasteiger partial charge in [0.2, 0.25) is 0 Å². The van der Waals surface area contributed by atoms with E-state index in [0.29, 0.717) is 0 Å². The van der Waals surface area contributed by atoms with E-state index < -0.39 is 0 Å². The number of rotatable bonds is 3. The third kappa shape index (κ3) is 49.4. The number of hydrogen-bond acceptors (Lipinski definition) is 2. The lowest BCUT2D eigenvalue weighted by Crippen LogP contribution is -1.40. The van der Waals surface area contributed by atoms with Crippen LogP contribution < -0.4 is 0 Å². The predicted molar refractivity (Wildman–Crippen MR) is 86.3 cm³/mol. The Morgan fingerprint density at radius 2 is 0.875 bits per heavy atom. The minimum Gasteiger partial charge on any atom is -0.138 e. The minimum atomic E-state index is 1.72. The van der Waals surface area contributed by atoms with Crippen molar-refractivity contribution in [3.63, 3.8) is 0 Å². The fraction of sp³-hybridized carbons (Fsp3) is 0.429. The third-order valence-electron chi connectivity index (χ3n) is 1.04. The molecule has 0 aliphatic rings. The predicted octanol–water partition coefficient (Wildman–Crippen LogP) is 5.90. The monoisotopic (exact) mass is 258 g/mol. The molecule has 0 aromatic rings. The number of hydrogen-bond donors (Lipinski definition) is 0. The van der Waals surface area contributed by atoms with Crippen molar-refractivity contribution < 1.29 is 0 Å². The van der Waals surface area contributed by atoms with Gasteiger partial charge in [-0.3, -0.25) is 0 Å². The molecule has 0 N–H and O–H groups in total. The van der Waals surface area contributed by atoms with Gasteiger partial charge in [-0.25, -0.2) is 0 Å². The van der Waals surface area contributed by atoms with Gasteiger partial charge in [-0.2, -0.15) is 0 Å². The Balaban J connectivity index is -0.000000160. The molecule has 0 radical (unpaired) electrons. The largest absolute Gasteiger partial charge is 0.138 e. The standard InChI is InChI=1S/C6H10.2C4H8S/c1-3-5-6-4-2;2*1-3-4-5-2/h3-6H,1-2H3;2*3-4H,1-2H3/b5-3-,6-4-;2*4-3-. The van der Waals surface area contributed by atoms with Gasteiger partial charge < -0.3 is 0 Å². The highest BCUT2D eigenvalue weighted by atomic mass is 32.2. The molecule has 16 heavy (non-hydrogen) atoms. The van der Waals surface area contributed by atoms with Crippen LogP contribution in [0.3, 0.4) is 0 Å². The Kier molecular flexibility index (Phi) is 38.5. The molecule has 0 heterocycles. The van der Waals surface area contributed by atoms with Crippen molar-refractivity contribution in [3.8, 4) is 0 Å². The van der Waals surface area contributed by atoms with Gasteiger partial charge in [-0.1, -0.05) is 36.5 Å². The minimum absolute atomic E-state index is 1.72. The zero-order valence-electron chi connectivity index (χ0n) is 11.4. The van der Waals surface area contributed by atoms with E-state index in [9.17, 15) is 0 Å². The van der Waals surface area contributed by atoms with Crippen LogP contribution in [0, 0.1) is 0 Å². The molecule has 2 heteroatoms. The maximum Gasteiger partial charge on any atom is -0.0142 e. The Morgan fingerprint density at radius 1 is 0.562 bits per heavy atom. The van der Waals surface area contributed by atoms with Gasteiger partial charge in [-0.05, 0) is 51.0 Å². The van der Waals surface area contributed by atoms with Crippen LogP contribution in [0.2, 0.25) is 0 Å². The first-order valence-electron chi connectivity index (χ1n) is 5.26. The maximum absolute atomic E-state index is 2.04. The SMILES string of the molecule is C/C=C\C=C/C.C/C=C\SC.C/C=C\SC. The summed E-state index contributed by atoms with van der Waals surface area (Å²) in [6.45, 7) is 8.02. The van der Waals surface area contributed by atoms with Crippen LogP contribution in [0.5, 0.6) is 0 Å². The van der Waals surface area contributed by atoms with Gasteiger partial charge in [-0.15, -0.1) is 23.5 Å². The smallest absolute Gasteiger partial charge is 0.0142 e. The van der Waals surface area contributed by atoms with Crippen LogP contribution in [0.25, 0.3) is 0 Å². The highest BCUT2D eigenvalue weighted by molar-refractivity contribution is 8.01. The lowest BCUT2D eigenvalue weighted by molar-refractivity contribution is 1.69. The fourth-order valence-electron chi connectivity index (χ4n) is 0.494. The Labute approximate surface area is 111 Å². The average molecular weight is 258 g/mol. The molecule has 0 saturated heterocycles. The topological polar surface area (TPSA) is 0 Å². The summed E-state index contributed by atoms with van der Waals surface area (Å²) >= 11 is 3.44. The molecule has 0 aliphatic heterocycles. The van der Waals surface area contributed by atoms with E-state index in [1.165, 1.54) is 0 Å². The van der Waals surface area contributed by atoms with E-state index in [1.807, 2.05) is 87.5 Å². The molecule has 0 unspecified atom stereocenters. The summed E-state index contributed by atoms with van der Waals surface area (Å²) in [4.78, 5) is 0. The fourth-order valence-corrected chi connectivity index (χ4v) is 1.04.